The second kappa shape index (κ2) is 11.7. The van der Waals surface area contributed by atoms with Gasteiger partial charge in [-0.2, -0.15) is 0 Å². The average Bonchev–Trinajstić information content (AvgIpc) is 2.51. The van der Waals surface area contributed by atoms with Gasteiger partial charge in [-0.3, -0.25) is 14.9 Å². The summed E-state index contributed by atoms with van der Waals surface area (Å²) in [7, 11) is 0. The second-order valence-corrected chi connectivity index (χ2v) is 4.97. The molecule has 3 N–H and O–H groups in total. The third kappa shape index (κ3) is 7.80. The molecule has 8 heteroatoms. The highest BCUT2D eigenvalue weighted by Gasteiger charge is 2.14. The van der Waals surface area contributed by atoms with E-state index in [0.717, 1.165) is 19.3 Å². The first kappa shape index (κ1) is 21.1. The van der Waals surface area contributed by atoms with Crippen molar-refractivity contribution >= 4 is 24.0 Å². The number of nitrogens with one attached hydrogen (secondary N) is 1. The molecule has 1 aromatic carbocycles. The average molecular weight is 346 g/mol. The number of rotatable bonds is 10. The monoisotopic (exact) mass is 345 g/mol. The number of ether oxygens (including phenoxy) is 1. The lowest BCUT2D eigenvalue weighted by Gasteiger charge is -2.16. The molecule has 0 fully saturated rings. The molecule has 1 rings (SSSR count). The van der Waals surface area contributed by atoms with E-state index in [2.05, 4.69) is 12.2 Å². The number of halogens is 1. The zero-order chi connectivity index (χ0) is 16.4. The molecule has 0 aromatic heterocycles. The summed E-state index contributed by atoms with van der Waals surface area (Å²) in [6, 6.07) is 6.07. The van der Waals surface area contributed by atoms with Crippen LogP contribution in [0.25, 0.3) is 0 Å². The first-order valence-corrected chi connectivity index (χ1v) is 7.44. The summed E-state index contributed by atoms with van der Waals surface area (Å²) in [5.41, 5.74) is 5.51. The summed E-state index contributed by atoms with van der Waals surface area (Å²) in [4.78, 5) is 22.1. The third-order valence-corrected chi connectivity index (χ3v) is 3.20. The number of hydrogen-bond acceptors (Lipinski definition) is 5. The van der Waals surface area contributed by atoms with Crippen molar-refractivity contribution < 1.29 is 14.5 Å². The Hall–Kier alpha value is -1.86. The minimum absolute atomic E-state index is 0. The summed E-state index contributed by atoms with van der Waals surface area (Å²) >= 11 is 0. The van der Waals surface area contributed by atoms with Crippen molar-refractivity contribution in [2.24, 2.45) is 5.73 Å². The second-order valence-electron chi connectivity index (χ2n) is 4.97. The third-order valence-electron chi connectivity index (χ3n) is 3.20. The van der Waals surface area contributed by atoms with Crippen molar-refractivity contribution in [2.45, 2.75) is 38.6 Å². The van der Waals surface area contributed by atoms with E-state index in [1.165, 1.54) is 12.1 Å². The number of hydrogen-bond donors (Lipinski definition) is 2. The fraction of sp³-hybridized carbons (Fsp3) is 0.533. The van der Waals surface area contributed by atoms with Crippen LogP contribution in [0.2, 0.25) is 0 Å². The standard InChI is InChI=1S/C15H23N3O4.ClH/c1-2-3-6-12(11-16)17-15(19)9-10-22-14-8-5-4-7-13(14)18(20)21;/h4-5,7-8,12H,2-3,6,9-11,16H2,1H3,(H,17,19);1H. The van der Waals surface area contributed by atoms with Gasteiger partial charge in [0, 0.05) is 18.7 Å². The van der Waals surface area contributed by atoms with E-state index >= 15 is 0 Å². The predicted octanol–water partition coefficient (Wildman–Crippen LogP) is 2.42. The molecule has 0 aliphatic carbocycles. The van der Waals surface area contributed by atoms with Crippen LogP contribution in [-0.4, -0.2) is 30.0 Å². The molecule has 1 unspecified atom stereocenters. The van der Waals surface area contributed by atoms with Crippen molar-refractivity contribution in [3.8, 4) is 5.75 Å². The molecule has 0 aliphatic heterocycles. The van der Waals surface area contributed by atoms with Gasteiger partial charge in [-0.05, 0) is 12.5 Å². The quantitative estimate of drug-likeness (QED) is 0.500. The molecule has 0 saturated carbocycles. The van der Waals surface area contributed by atoms with Crippen LogP contribution in [0.5, 0.6) is 5.75 Å². The summed E-state index contributed by atoms with van der Waals surface area (Å²) < 4.78 is 5.33. The molecule has 1 atom stereocenters. The summed E-state index contributed by atoms with van der Waals surface area (Å²) in [5, 5.41) is 13.7. The van der Waals surface area contributed by atoms with Crippen molar-refractivity contribution in [1.82, 2.24) is 5.32 Å². The Morgan fingerprint density at radius 1 is 1.43 bits per heavy atom. The molecule has 23 heavy (non-hydrogen) atoms. The van der Waals surface area contributed by atoms with Gasteiger partial charge < -0.3 is 15.8 Å². The van der Waals surface area contributed by atoms with E-state index in [1.807, 2.05) is 0 Å². The minimum atomic E-state index is -0.509. The molecule has 0 spiro atoms. The van der Waals surface area contributed by atoms with Gasteiger partial charge in [0.2, 0.25) is 5.91 Å². The van der Waals surface area contributed by atoms with Crippen LogP contribution >= 0.6 is 12.4 Å². The van der Waals surface area contributed by atoms with E-state index in [4.69, 9.17) is 10.5 Å². The van der Waals surface area contributed by atoms with Crippen LogP contribution in [0.1, 0.15) is 32.6 Å². The Morgan fingerprint density at radius 3 is 2.74 bits per heavy atom. The first-order valence-electron chi connectivity index (χ1n) is 7.44. The molecule has 0 heterocycles. The Labute approximate surface area is 142 Å². The molecule has 1 aromatic rings. The fourth-order valence-electron chi connectivity index (χ4n) is 1.98. The Kier molecular flexibility index (Phi) is 10.7. The van der Waals surface area contributed by atoms with E-state index in [1.54, 1.807) is 12.1 Å². The minimum Gasteiger partial charge on any atom is -0.486 e. The molecule has 130 valence electrons. The summed E-state index contributed by atoms with van der Waals surface area (Å²) in [6.07, 6.45) is 3.04. The van der Waals surface area contributed by atoms with E-state index in [0.29, 0.717) is 6.54 Å². The zero-order valence-electron chi connectivity index (χ0n) is 13.2. The maximum absolute atomic E-state index is 11.8. The number of nitro benzene ring substituents is 1. The van der Waals surface area contributed by atoms with Crippen molar-refractivity contribution in [3.63, 3.8) is 0 Å². The molecule has 0 saturated heterocycles. The van der Waals surface area contributed by atoms with Crippen LogP contribution in [-0.2, 0) is 4.79 Å². The van der Waals surface area contributed by atoms with E-state index in [9.17, 15) is 14.9 Å². The number of nitro groups is 1. The Balaban J connectivity index is 0.00000484. The predicted molar refractivity (Wildman–Crippen MR) is 91.0 cm³/mol. The largest absolute Gasteiger partial charge is 0.486 e. The van der Waals surface area contributed by atoms with Crippen LogP contribution in [0.4, 0.5) is 5.69 Å². The van der Waals surface area contributed by atoms with Gasteiger partial charge >= 0.3 is 5.69 Å². The van der Waals surface area contributed by atoms with E-state index in [-0.39, 0.29) is 48.8 Å². The van der Waals surface area contributed by atoms with Gasteiger partial charge in [0.1, 0.15) is 0 Å². The highest BCUT2D eigenvalue weighted by Crippen LogP contribution is 2.25. The highest BCUT2D eigenvalue weighted by molar-refractivity contribution is 5.85. The maximum atomic E-state index is 11.8. The zero-order valence-corrected chi connectivity index (χ0v) is 14.0. The number of unbranched alkanes of at least 4 members (excludes halogenated alkanes) is 1. The smallest absolute Gasteiger partial charge is 0.310 e. The molecular weight excluding hydrogens is 322 g/mol. The first-order chi connectivity index (χ1) is 10.6. The molecule has 0 bridgehead atoms. The van der Waals surface area contributed by atoms with Crippen molar-refractivity contribution in [1.29, 1.82) is 0 Å². The molecule has 0 radical (unpaired) electrons. The summed E-state index contributed by atoms with van der Waals surface area (Å²) in [6.45, 7) is 2.56. The van der Waals surface area contributed by atoms with Gasteiger partial charge in [-0.1, -0.05) is 31.9 Å². The number of carbonyl (C=O) groups excluding carboxylic acids is 1. The normalized spacial score (nSPS) is 11.2. The number of nitrogens with zero attached hydrogens (tertiary/aromatic N) is 1. The van der Waals surface area contributed by atoms with Gasteiger partial charge in [0.25, 0.3) is 0 Å². The lowest BCUT2D eigenvalue weighted by molar-refractivity contribution is -0.385. The molecule has 0 aliphatic rings. The number of para-hydroxylation sites is 2. The number of amides is 1. The molecule has 1 amide bonds. The number of nitrogens with two attached hydrogens (primary N) is 1. The van der Waals surface area contributed by atoms with Gasteiger partial charge in [0.15, 0.2) is 5.75 Å². The Morgan fingerprint density at radius 2 is 2.13 bits per heavy atom. The Bertz CT molecular complexity index is 499. The lowest BCUT2D eigenvalue weighted by Crippen LogP contribution is -2.40. The number of benzene rings is 1. The van der Waals surface area contributed by atoms with Crippen LogP contribution in [0.15, 0.2) is 24.3 Å². The lowest BCUT2D eigenvalue weighted by atomic mass is 10.1. The van der Waals surface area contributed by atoms with Gasteiger partial charge in [-0.15, -0.1) is 12.4 Å². The van der Waals surface area contributed by atoms with Crippen molar-refractivity contribution in [2.75, 3.05) is 13.2 Å². The molecular formula is C15H24ClN3O4. The number of carbonyl (C=O) groups is 1. The topological polar surface area (TPSA) is 107 Å². The summed E-state index contributed by atoms with van der Waals surface area (Å²) in [5.74, 6) is 0.00629. The van der Waals surface area contributed by atoms with Crippen LogP contribution in [0.3, 0.4) is 0 Å². The molecule has 7 nitrogen and oxygen atoms in total. The fourth-order valence-corrected chi connectivity index (χ4v) is 1.98. The van der Waals surface area contributed by atoms with Gasteiger partial charge in [-0.25, -0.2) is 0 Å². The van der Waals surface area contributed by atoms with Crippen LogP contribution < -0.4 is 15.8 Å². The SMILES string of the molecule is CCCCC(CN)NC(=O)CCOc1ccccc1[N+](=O)[O-].Cl. The van der Waals surface area contributed by atoms with Gasteiger partial charge in [0.05, 0.1) is 18.0 Å². The maximum Gasteiger partial charge on any atom is 0.310 e. The van der Waals surface area contributed by atoms with Crippen molar-refractivity contribution in [3.05, 3.63) is 34.4 Å². The van der Waals surface area contributed by atoms with E-state index < -0.39 is 4.92 Å². The van der Waals surface area contributed by atoms with Crippen LogP contribution in [0, 0.1) is 10.1 Å². The highest BCUT2D eigenvalue weighted by atomic mass is 35.5.